The molecule has 0 aliphatic heterocycles. The molecule has 0 aliphatic carbocycles. The quantitative estimate of drug-likeness (QED) is 0.897. The Morgan fingerprint density at radius 3 is 2.79 bits per heavy atom. The standard InChI is InChI=1S/C15H17FN2O/c1-11(18-10-12-5-3-4-8-17-12)14-7-6-13(19-2)9-15(14)16/h3-9,11,18H,10H2,1-2H3. The number of nitrogens with zero attached hydrogens (tertiary/aromatic N) is 1. The highest BCUT2D eigenvalue weighted by Crippen LogP contribution is 2.21. The molecule has 0 aliphatic rings. The molecule has 3 nitrogen and oxygen atoms in total. The Labute approximate surface area is 112 Å². The van der Waals surface area contributed by atoms with Crippen LogP contribution in [0.25, 0.3) is 0 Å². The van der Waals surface area contributed by atoms with Gasteiger partial charge in [-0.3, -0.25) is 4.98 Å². The van der Waals surface area contributed by atoms with Crippen LogP contribution in [-0.2, 0) is 6.54 Å². The molecule has 0 fully saturated rings. The maximum absolute atomic E-state index is 13.9. The van der Waals surface area contributed by atoms with Gasteiger partial charge < -0.3 is 10.1 Å². The minimum absolute atomic E-state index is 0.0899. The maximum atomic E-state index is 13.9. The summed E-state index contributed by atoms with van der Waals surface area (Å²) in [6, 6.07) is 10.5. The van der Waals surface area contributed by atoms with Crippen molar-refractivity contribution in [3.05, 3.63) is 59.7 Å². The Balaban J connectivity index is 2.02. The second kappa shape index (κ2) is 6.29. The van der Waals surface area contributed by atoms with Gasteiger partial charge in [-0.25, -0.2) is 4.39 Å². The smallest absolute Gasteiger partial charge is 0.131 e. The molecule has 1 atom stereocenters. The number of rotatable bonds is 5. The first-order chi connectivity index (χ1) is 9.20. The third-order valence-corrected chi connectivity index (χ3v) is 2.99. The molecule has 2 rings (SSSR count). The average Bonchev–Trinajstić information content (AvgIpc) is 2.45. The molecule has 4 heteroatoms. The predicted molar refractivity (Wildman–Crippen MR) is 72.4 cm³/mol. The van der Waals surface area contributed by atoms with E-state index >= 15 is 0 Å². The van der Waals surface area contributed by atoms with Gasteiger partial charge in [0.15, 0.2) is 0 Å². The largest absolute Gasteiger partial charge is 0.497 e. The molecule has 1 N–H and O–H groups in total. The van der Waals surface area contributed by atoms with Crippen LogP contribution in [0.3, 0.4) is 0 Å². The molecule has 0 spiro atoms. The second-order valence-electron chi connectivity index (χ2n) is 4.31. The minimum Gasteiger partial charge on any atom is -0.497 e. The first-order valence-electron chi connectivity index (χ1n) is 6.17. The van der Waals surface area contributed by atoms with E-state index in [0.29, 0.717) is 17.9 Å². The van der Waals surface area contributed by atoms with Gasteiger partial charge in [0, 0.05) is 30.4 Å². The zero-order valence-electron chi connectivity index (χ0n) is 11.1. The first kappa shape index (κ1) is 13.5. The molecule has 0 saturated carbocycles. The Morgan fingerprint density at radius 2 is 2.16 bits per heavy atom. The summed E-state index contributed by atoms with van der Waals surface area (Å²) >= 11 is 0. The third-order valence-electron chi connectivity index (χ3n) is 2.99. The predicted octanol–water partition coefficient (Wildman–Crippen LogP) is 3.08. The molecular weight excluding hydrogens is 243 g/mol. The van der Waals surface area contributed by atoms with Gasteiger partial charge >= 0.3 is 0 Å². The Bertz CT molecular complexity index is 531. The number of hydrogen-bond donors (Lipinski definition) is 1. The number of aromatic nitrogens is 1. The molecule has 0 saturated heterocycles. The van der Waals surface area contributed by atoms with Crippen LogP contribution >= 0.6 is 0 Å². The van der Waals surface area contributed by atoms with Gasteiger partial charge in [-0.15, -0.1) is 0 Å². The second-order valence-corrected chi connectivity index (χ2v) is 4.31. The van der Waals surface area contributed by atoms with Crippen molar-refractivity contribution in [3.8, 4) is 5.75 Å². The lowest BCUT2D eigenvalue weighted by molar-refractivity contribution is 0.409. The van der Waals surface area contributed by atoms with E-state index in [0.717, 1.165) is 5.69 Å². The number of halogens is 1. The summed E-state index contributed by atoms with van der Waals surface area (Å²) in [6.07, 6.45) is 1.75. The summed E-state index contributed by atoms with van der Waals surface area (Å²) in [7, 11) is 1.52. The summed E-state index contributed by atoms with van der Waals surface area (Å²) < 4.78 is 18.9. The normalized spacial score (nSPS) is 12.2. The lowest BCUT2D eigenvalue weighted by Crippen LogP contribution is -2.19. The number of methoxy groups -OCH3 is 1. The van der Waals surface area contributed by atoms with Gasteiger partial charge in [-0.05, 0) is 25.1 Å². The van der Waals surface area contributed by atoms with Crippen LogP contribution in [0.5, 0.6) is 5.75 Å². The summed E-state index contributed by atoms with van der Waals surface area (Å²) in [6.45, 7) is 2.53. The first-order valence-corrected chi connectivity index (χ1v) is 6.17. The molecule has 0 radical (unpaired) electrons. The zero-order valence-corrected chi connectivity index (χ0v) is 11.1. The Hall–Kier alpha value is -1.94. The molecule has 0 amide bonds. The Morgan fingerprint density at radius 1 is 1.32 bits per heavy atom. The fourth-order valence-corrected chi connectivity index (χ4v) is 1.86. The highest BCUT2D eigenvalue weighted by molar-refractivity contribution is 5.30. The molecule has 19 heavy (non-hydrogen) atoms. The van der Waals surface area contributed by atoms with Gasteiger partial charge in [0.25, 0.3) is 0 Å². The van der Waals surface area contributed by atoms with Crippen molar-refractivity contribution in [2.45, 2.75) is 19.5 Å². The molecule has 1 aromatic carbocycles. The lowest BCUT2D eigenvalue weighted by atomic mass is 10.1. The van der Waals surface area contributed by atoms with Crippen molar-refractivity contribution >= 4 is 0 Å². The van der Waals surface area contributed by atoms with E-state index < -0.39 is 0 Å². The van der Waals surface area contributed by atoms with Gasteiger partial charge in [0.05, 0.1) is 12.8 Å². The molecule has 1 aromatic heterocycles. The molecule has 0 bridgehead atoms. The van der Waals surface area contributed by atoms with Crippen LogP contribution < -0.4 is 10.1 Å². The van der Waals surface area contributed by atoms with Crippen LogP contribution in [-0.4, -0.2) is 12.1 Å². The van der Waals surface area contributed by atoms with E-state index in [1.54, 1.807) is 18.3 Å². The van der Waals surface area contributed by atoms with E-state index in [4.69, 9.17) is 4.74 Å². The summed E-state index contributed by atoms with van der Waals surface area (Å²) in [5, 5.41) is 3.25. The monoisotopic (exact) mass is 260 g/mol. The van der Waals surface area contributed by atoms with Crippen molar-refractivity contribution in [2.24, 2.45) is 0 Å². The van der Waals surface area contributed by atoms with Crippen molar-refractivity contribution in [1.82, 2.24) is 10.3 Å². The van der Waals surface area contributed by atoms with E-state index in [1.807, 2.05) is 25.1 Å². The fraction of sp³-hybridized carbons (Fsp3) is 0.267. The van der Waals surface area contributed by atoms with E-state index in [9.17, 15) is 4.39 Å². The van der Waals surface area contributed by atoms with Gasteiger partial charge in [-0.2, -0.15) is 0 Å². The molecule has 100 valence electrons. The lowest BCUT2D eigenvalue weighted by Gasteiger charge is -2.15. The molecule has 1 heterocycles. The van der Waals surface area contributed by atoms with Crippen molar-refractivity contribution in [2.75, 3.05) is 7.11 Å². The van der Waals surface area contributed by atoms with E-state index in [2.05, 4.69) is 10.3 Å². The van der Waals surface area contributed by atoms with Gasteiger partial charge in [-0.1, -0.05) is 12.1 Å². The van der Waals surface area contributed by atoms with E-state index in [-0.39, 0.29) is 11.9 Å². The maximum Gasteiger partial charge on any atom is 0.131 e. The van der Waals surface area contributed by atoms with Gasteiger partial charge in [0.2, 0.25) is 0 Å². The Kier molecular flexibility index (Phi) is 4.47. The number of nitrogens with one attached hydrogen (secondary N) is 1. The molecular formula is C15H17FN2O. The van der Waals surface area contributed by atoms with Crippen LogP contribution in [0.15, 0.2) is 42.6 Å². The summed E-state index contributed by atoms with van der Waals surface area (Å²) in [5.41, 5.74) is 1.56. The number of pyridine rings is 1. The average molecular weight is 260 g/mol. The zero-order chi connectivity index (χ0) is 13.7. The van der Waals surface area contributed by atoms with Crippen molar-refractivity contribution in [3.63, 3.8) is 0 Å². The van der Waals surface area contributed by atoms with Crippen LogP contribution in [0, 0.1) is 5.82 Å². The summed E-state index contributed by atoms with van der Waals surface area (Å²) in [4.78, 5) is 4.22. The molecule has 2 aromatic rings. The van der Waals surface area contributed by atoms with Crippen LogP contribution in [0.1, 0.15) is 24.2 Å². The highest BCUT2D eigenvalue weighted by Gasteiger charge is 2.11. The van der Waals surface area contributed by atoms with Crippen molar-refractivity contribution in [1.29, 1.82) is 0 Å². The fourth-order valence-electron chi connectivity index (χ4n) is 1.86. The topological polar surface area (TPSA) is 34.1 Å². The third kappa shape index (κ3) is 3.51. The molecule has 1 unspecified atom stereocenters. The van der Waals surface area contributed by atoms with Crippen LogP contribution in [0.2, 0.25) is 0 Å². The van der Waals surface area contributed by atoms with Crippen LogP contribution in [0.4, 0.5) is 4.39 Å². The summed E-state index contributed by atoms with van der Waals surface area (Å²) in [5.74, 6) is 0.263. The minimum atomic E-state index is -0.264. The SMILES string of the molecule is COc1ccc(C(C)NCc2ccccn2)c(F)c1. The number of hydrogen-bond acceptors (Lipinski definition) is 3. The van der Waals surface area contributed by atoms with E-state index in [1.165, 1.54) is 13.2 Å². The van der Waals surface area contributed by atoms with Gasteiger partial charge in [0.1, 0.15) is 11.6 Å². The highest BCUT2D eigenvalue weighted by atomic mass is 19.1. The number of benzene rings is 1. The number of ether oxygens (including phenoxy) is 1. The van der Waals surface area contributed by atoms with Crippen molar-refractivity contribution < 1.29 is 9.13 Å².